The van der Waals surface area contributed by atoms with Crippen LogP contribution in [0.5, 0.6) is 5.75 Å². The van der Waals surface area contributed by atoms with Crippen molar-refractivity contribution in [2.75, 3.05) is 6.54 Å². The largest absolute Gasteiger partial charge is 0.507 e. The lowest BCUT2D eigenvalue weighted by molar-refractivity contribution is 0.0149. The molecule has 0 aliphatic heterocycles. The van der Waals surface area contributed by atoms with Gasteiger partial charge in [0.05, 0.1) is 6.10 Å². The van der Waals surface area contributed by atoms with Gasteiger partial charge < -0.3 is 15.3 Å². The second-order valence-electron chi connectivity index (χ2n) is 4.26. The Kier molecular flexibility index (Phi) is 4.97. The van der Waals surface area contributed by atoms with Gasteiger partial charge in [-0.1, -0.05) is 5.11 Å². The monoisotopic (exact) mass is 251 g/mol. The first-order valence-corrected chi connectivity index (χ1v) is 5.64. The molecule has 0 bridgehead atoms. The summed E-state index contributed by atoms with van der Waals surface area (Å²) < 4.78 is 0. The minimum atomic E-state index is -1.06. The summed E-state index contributed by atoms with van der Waals surface area (Å²) in [4.78, 5) is 2.58. The second-order valence-corrected chi connectivity index (χ2v) is 4.26. The molecule has 6 heteroatoms. The number of phenolic OH excluding ortho intramolecular Hbond substituents is 1. The normalized spacial score (nSPS) is 13.8. The Bertz CT molecular complexity index is 447. The predicted molar refractivity (Wildman–Crippen MR) is 67.2 cm³/mol. The molecule has 98 valence electrons. The van der Waals surface area contributed by atoms with E-state index in [9.17, 15) is 15.3 Å². The van der Waals surface area contributed by atoms with Gasteiger partial charge in [-0.2, -0.15) is 0 Å². The van der Waals surface area contributed by atoms with E-state index in [0.29, 0.717) is 16.7 Å². The Morgan fingerprint density at radius 3 is 2.33 bits per heavy atom. The fraction of sp³-hybridized carbons (Fsp3) is 0.500. The summed E-state index contributed by atoms with van der Waals surface area (Å²) in [6.07, 6.45) is -1.87. The smallest absolute Gasteiger partial charge is 0.121 e. The summed E-state index contributed by atoms with van der Waals surface area (Å²) in [6, 6.07) is 3.26. The lowest BCUT2D eigenvalue weighted by Crippen LogP contribution is -2.19. The summed E-state index contributed by atoms with van der Waals surface area (Å²) in [5.74, 6) is 0.189. The maximum Gasteiger partial charge on any atom is 0.121 e. The Labute approximate surface area is 105 Å². The van der Waals surface area contributed by atoms with Crippen molar-refractivity contribution in [3.8, 4) is 5.75 Å². The van der Waals surface area contributed by atoms with Gasteiger partial charge in [-0.3, -0.25) is 0 Å². The molecule has 0 aliphatic rings. The standard InChI is InChI=1S/C12H17N3O3/c1-7-5-9(6-8(2)11(7)17)12(18)10(16)3-4-14-15-13/h5-6,10,12,16-18H,3-4H2,1-2H3. The summed E-state index contributed by atoms with van der Waals surface area (Å²) in [5, 5.41) is 32.6. The van der Waals surface area contributed by atoms with E-state index in [0.717, 1.165) is 0 Å². The molecule has 2 unspecified atom stereocenters. The number of azide groups is 1. The number of phenols is 1. The zero-order valence-corrected chi connectivity index (χ0v) is 10.4. The number of hydrogen-bond donors (Lipinski definition) is 3. The van der Waals surface area contributed by atoms with E-state index >= 15 is 0 Å². The third-order valence-corrected chi connectivity index (χ3v) is 2.81. The van der Waals surface area contributed by atoms with Crippen LogP contribution in [-0.2, 0) is 0 Å². The van der Waals surface area contributed by atoms with E-state index in [4.69, 9.17) is 5.53 Å². The molecule has 18 heavy (non-hydrogen) atoms. The molecule has 0 radical (unpaired) electrons. The highest BCUT2D eigenvalue weighted by molar-refractivity contribution is 5.42. The van der Waals surface area contributed by atoms with Gasteiger partial charge in [-0.05, 0) is 54.6 Å². The number of nitrogens with zero attached hydrogens (tertiary/aromatic N) is 3. The Morgan fingerprint density at radius 1 is 1.28 bits per heavy atom. The average Bonchev–Trinajstić information content (AvgIpc) is 2.34. The topological polar surface area (TPSA) is 109 Å². The lowest BCUT2D eigenvalue weighted by atomic mass is 9.97. The maximum atomic E-state index is 9.96. The Morgan fingerprint density at radius 2 is 1.83 bits per heavy atom. The fourth-order valence-electron chi connectivity index (χ4n) is 1.77. The zero-order chi connectivity index (χ0) is 13.7. The van der Waals surface area contributed by atoms with Crippen LogP contribution in [0.15, 0.2) is 17.2 Å². The van der Waals surface area contributed by atoms with Gasteiger partial charge >= 0.3 is 0 Å². The highest BCUT2D eigenvalue weighted by Crippen LogP contribution is 2.28. The van der Waals surface area contributed by atoms with E-state index in [-0.39, 0.29) is 18.7 Å². The SMILES string of the molecule is Cc1cc(C(O)C(O)CCN=[N+]=[N-])cc(C)c1O. The molecule has 0 amide bonds. The van der Waals surface area contributed by atoms with Crippen LogP contribution >= 0.6 is 0 Å². The number of benzene rings is 1. The number of aromatic hydroxyl groups is 1. The molecule has 0 aliphatic carbocycles. The minimum absolute atomic E-state index is 0.130. The number of hydrogen-bond acceptors (Lipinski definition) is 4. The molecule has 0 saturated heterocycles. The molecule has 6 nitrogen and oxygen atoms in total. The zero-order valence-electron chi connectivity index (χ0n) is 10.4. The summed E-state index contributed by atoms with van der Waals surface area (Å²) in [7, 11) is 0. The van der Waals surface area contributed by atoms with Crippen LogP contribution in [-0.4, -0.2) is 28.0 Å². The molecule has 1 rings (SSSR count). The van der Waals surface area contributed by atoms with Gasteiger partial charge in [-0.25, -0.2) is 0 Å². The lowest BCUT2D eigenvalue weighted by Gasteiger charge is -2.19. The number of aryl methyl sites for hydroxylation is 2. The highest BCUT2D eigenvalue weighted by Gasteiger charge is 2.19. The summed E-state index contributed by atoms with van der Waals surface area (Å²) in [5.41, 5.74) is 9.95. The van der Waals surface area contributed by atoms with Gasteiger partial charge in [-0.15, -0.1) is 0 Å². The van der Waals surface area contributed by atoms with E-state index in [1.54, 1.807) is 26.0 Å². The fourth-order valence-corrected chi connectivity index (χ4v) is 1.77. The van der Waals surface area contributed by atoms with Crippen LogP contribution in [0.25, 0.3) is 10.4 Å². The van der Waals surface area contributed by atoms with E-state index in [1.165, 1.54) is 0 Å². The van der Waals surface area contributed by atoms with E-state index in [1.807, 2.05) is 0 Å². The first-order valence-electron chi connectivity index (χ1n) is 5.64. The quantitative estimate of drug-likeness (QED) is 0.423. The molecule has 2 atom stereocenters. The van der Waals surface area contributed by atoms with Crippen molar-refractivity contribution in [1.29, 1.82) is 0 Å². The first-order chi connectivity index (χ1) is 8.47. The highest BCUT2D eigenvalue weighted by atomic mass is 16.3. The average molecular weight is 251 g/mol. The third-order valence-electron chi connectivity index (χ3n) is 2.81. The summed E-state index contributed by atoms with van der Waals surface area (Å²) in [6.45, 7) is 3.58. The van der Waals surface area contributed by atoms with Gasteiger partial charge in [0.25, 0.3) is 0 Å². The first kappa shape index (κ1) is 14.3. The maximum absolute atomic E-state index is 9.96. The summed E-state index contributed by atoms with van der Waals surface area (Å²) >= 11 is 0. The van der Waals surface area contributed by atoms with Crippen molar-refractivity contribution in [2.24, 2.45) is 5.11 Å². The molecule has 3 N–H and O–H groups in total. The molecule has 0 spiro atoms. The Hall–Kier alpha value is -1.75. The number of aliphatic hydroxyl groups is 2. The van der Waals surface area contributed by atoms with Crippen LogP contribution in [0, 0.1) is 13.8 Å². The molecule has 1 aromatic rings. The van der Waals surface area contributed by atoms with Gasteiger partial charge in [0, 0.05) is 11.5 Å². The van der Waals surface area contributed by atoms with Gasteiger partial charge in [0.15, 0.2) is 0 Å². The minimum Gasteiger partial charge on any atom is -0.507 e. The third kappa shape index (κ3) is 3.37. The molecule has 0 heterocycles. The van der Waals surface area contributed by atoms with Crippen molar-refractivity contribution < 1.29 is 15.3 Å². The van der Waals surface area contributed by atoms with Crippen molar-refractivity contribution in [3.05, 3.63) is 39.3 Å². The molecule has 1 aromatic carbocycles. The van der Waals surface area contributed by atoms with Crippen LogP contribution in [0.1, 0.15) is 29.2 Å². The van der Waals surface area contributed by atoms with Crippen molar-refractivity contribution in [2.45, 2.75) is 32.5 Å². The van der Waals surface area contributed by atoms with E-state index in [2.05, 4.69) is 10.0 Å². The van der Waals surface area contributed by atoms with Crippen molar-refractivity contribution in [3.63, 3.8) is 0 Å². The Balaban J connectivity index is 2.83. The predicted octanol–water partition coefficient (Wildman–Crippen LogP) is 2.10. The van der Waals surface area contributed by atoms with E-state index < -0.39 is 12.2 Å². The van der Waals surface area contributed by atoms with Crippen molar-refractivity contribution in [1.82, 2.24) is 0 Å². The van der Waals surface area contributed by atoms with Crippen LogP contribution in [0.4, 0.5) is 0 Å². The van der Waals surface area contributed by atoms with Crippen LogP contribution in [0.2, 0.25) is 0 Å². The molecular weight excluding hydrogens is 234 g/mol. The molecule has 0 aromatic heterocycles. The van der Waals surface area contributed by atoms with Gasteiger partial charge in [0.2, 0.25) is 0 Å². The van der Waals surface area contributed by atoms with Crippen molar-refractivity contribution >= 4 is 0 Å². The molecular formula is C12H17N3O3. The number of rotatable bonds is 5. The number of aliphatic hydroxyl groups excluding tert-OH is 2. The second kappa shape index (κ2) is 6.26. The molecule has 0 saturated carbocycles. The van der Waals surface area contributed by atoms with Crippen LogP contribution < -0.4 is 0 Å². The molecule has 0 fully saturated rings. The van der Waals surface area contributed by atoms with Crippen LogP contribution in [0.3, 0.4) is 0 Å². The van der Waals surface area contributed by atoms with Gasteiger partial charge in [0.1, 0.15) is 11.9 Å².